The van der Waals surface area contributed by atoms with Gasteiger partial charge in [-0.25, -0.2) is 9.97 Å². The highest BCUT2D eigenvalue weighted by atomic mass is 19.4. The molecule has 1 amide bonds. The summed E-state index contributed by atoms with van der Waals surface area (Å²) in [5.41, 5.74) is -0.399. The predicted molar refractivity (Wildman–Crippen MR) is 95.4 cm³/mol. The summed E-state index contributed by atoms with van der Waals surface area (Å²) in [5.74, 6) is 0.415. The topological polar surface area (TPSA) is 61.4 Å². The summed E-state index contributed by atoms with van der Waals surface area (Å²) < 4.78 is 37.8. The Labute approximate surface area is 155 Å². The number of piperazine rings is 1. The molecule has 0 saturated carbocycles. The van der Waals surface area contributed by atoms with Crippen molar-refractivity contribution in [1.82, 2.24) is 14.9 Å². The Hall–Kier alpha value is -2.68. The van der Waals surface area contributed by atoms with Crippen molar-refractivity contribution >= 4 is 17.5 Å². The molecule has 0 aliphatic carbocycles. The number of carbonyl (C=O) groups excluding carboxylic acids is 1. The van der Waals surface area contributed by atoms with E-state index in [1.165, 1.54) is 12.1 Å². The molecule has 0 spiro atoms. The molecule has 1 saturated heterocycles. The molecule has 1 N–H and O–H groups in total. The molecule has 0 radical (unpaired) electrons. The average molecular weight is 379 g/mol. The van der Waals surface area contributed by atoms with E-state index in [4.69, 9.17) is 0 Å². The lowest BCUT2D eigenvalue weighted by molar-refractivity contribution is -0.137. The summed E-state index contributed by atoms with van der Waals surface area (Å²) in [6.07, 6.45) is -1.01. The number of hydrogen-bond acceptors (Lipinski definition) is 5. The van der Waals surface area contributed by atoms with Gasteiger partial charge >= 0.3 is 6.18 Å². The summed E-state index contributed by atoms with van der Waals surface area (Å²) >= 11 is 0. The van der Waals surface area contributed by atoms with Crippen molar-refractivity contribution in [3.8, 4) is 0 Å². The van der Waals surface area contributed by atoms with Crippen LogP contribution in [0.3, 0.4) is 0 Å². The smallest absolute Gasteiger partial charge is 0.338 e. The molecule has 6 nitrogen and oxygen atoms in total. The summed E-state index contributed by atoms with van der Waals surface area (Å²) in [6, 6.07) is 5.80. The van der Waals surface area contributed by atoms with Crippen LogP contribution >= 0.6 is 0 Å². The molecule has 3 rings (SSSR count). The molecule has 0 unspecified atom stereocenters. The lowest BCUT2D eigenvalue weighted by Crippen LogP contribution is -2.53. The molecule has 9 heteroatoms. The normalized spacial score (nSPS) is 16.8. The van der Waals surface area contributed by atoms with Gasteiger partial charge in [0.05, 0.1) is 11.6 Å². The van der Waals surface area contributed by atoms with Gasteiger partial charge in [-0.3, -0.25) is 9.69 Å². The first-order chi connectivity index (χ1) is 12.8. The van der Waals surface area contributed by atoms with E-state index in [-0.39, 0.29) is 5.91 Å². The van der Waals surface area contributed by atoms with E-state index in [1.807, 2.05) is 4.90 Å². The van der Waals surface area contributed by atoms with Crippen LogP contribution < -0.4 is 10.2 Å². The Morgan fingerprint density at radius 2 is 1.67 bits per heavy atom. The second-order valence-electron chi connectivity index (χ2n) is 6.31. The number of halogens is 3. The van der Waals surface area contributed by atoms with Gasteiger partial charge in [0.25, 0.3) is 0 Å². The molecule has 0 bridgehead atoms. The number of alkyl halides is 3. The van der Waals surface area contributed by atoms with Crippen molar-refractivity contribution < 1.29 is 18.0 Å². The highest BCUT2D eigenvalue weighted by Crippen LogP contribution is 2.29. The largest absolute Gasteiger partial charge is 0.416 e. The maximum absolute atomic E-state index is 12.6. The zero-order valence-electron chi connectivity index (χ0n) is 14.8. The van der Waals surface area contributed by atoms with Gasteiger partial charge in [0, 0.05) is 44.3 Å². The van der Waals surface area contributed by atoms with Gasteiger partial charge in [0.2, 0.25) is 11.9 Å². The quantitative estimate of drug-likeness (QED) is 0.885. The second kappa shape index (κ2) is 7.91. The van der Waals surface area contributed by atoms with Gasteiger partial charge in [-0.15, -0.1) is 0 Å². The number of benzene rings is 1. The third-order valence-corrected chi connectivity index (χ3v) is 4.56. The van der Waals surface area contributed by atoms with Crippen molar-refractivity contribution in [1.29, 1.82) is 0 Å². The van der Waals surface area contributed by atoms with Crippen molar-refractivity contribution in [2.45, 2.75) is 19.1 Å². The molecule has 1 aromatic heterocycles. The Morgan fingerprint density at radius 3 is 2.22 bits per heavy atom. The Balaban J connectivity index is 1.54. The zero-order valence-corrected chi connectivity index (χ0v) is 14.8. The monoisotopic (exact) mass is 379 g/mol. The van der Waals surface area contributed by atoms with Crippen molar-refractivity contribution in [3.05, 3.63) is 48.3 Å². The number of amides is 1. The molecule has 1 aliphatic heterocycles. The van der Waals surface area contributed by atoms with E-state index < -0.39 is 17.8 Å². The standard InChI is InChI=1S/C18H20F3N5O/c1-13(16(27)24-15-5-3-14(4-6-15)18(19,20)21)25-9-11-26(12-10-25)17-22-7-2-8-23-17/h2-8,13H,9-12H2,1H3,(H,24,27)/t13-/m1/s1. The van der Waals surface area contributed by atoms with Crippen LogP contribution in [0.15, 0.2) is 42.7 Å². The molecule has 27 heavy (non-hydrogen) atoms. The number of anilines is 2. The van der Waals surface area contributed by atoms with Crippen LogP contribution in [0.1, 0.15) is 12.5 Å². The van der Waals surface area contributed by atoms with E-state index in [0.29, 0.717) is 37.8 Å². The van der Waals surface area contributed by atoms with Gasteiger partial charge in [-0.2, -0.15) is 13.2 Å². The van der Waals surface area contributed by atoms with Crippen LogP contribution in [0, 0.1) is 0 Å². The first kappa shape index (κ1) is 19.1. The molecule has 1 fully saturated rings. The van der Waals surface area contributed by atoms with E-state index >= 15 is 0 Å². The second-order valence-corrected chi connectivity index (χ2v) is 6.31. The van der Waals surface area contributed by atoms with Gasteiger partial charge < -0.3 is 10.2 Å². The third kappa shape index (κ3) is 4.73. The Morgan fingerprint density at radius 1 is 1.07 bits per heavy atom. The van der Waals surface area contributed by atoms with E-state index in [2.05, 4.69) is 20.2 Å². The van der Waals surface area contributed by atoms with Crippen molar-refractivity contribution in [2.24, 2.45) is 0 Å². The van der Waals surface area contributed by atoms with Crippen LogP contribution in [0.2, 0.25) is 0 Å². The maximum Gasteiger partial charge on any atom is 0.416 e. The molecule has 1 atom stereocenters. The van der Waals surface area contributed by atoms with Crippen LogP contribution in [0.4, 0.5) is 24.8 Å². The fourth-order valence-corrected chi connectivity index (χ4v) is 2.92. The van der Waals surface area contributed by atoms with Gasteiger partial charge in [-0.1, -0.05) is 0 Å². The number of nitrogens with one attached hydrogen (secondary N) is 1. The number of rotatable bonds is 4. The van der Waals surface area contributed by atoms with Crippen LogP contribution in [-0.2, 0) is 11.0 Å². The minimum Gasteiger partial charge on any atom is -0.338 e. The molecular formula is C18H20F3N5O. The lowest BCUT2D eigenvalue weighted by atomic mass is 10.2. The maximum atomic E-state index is 12.6. The van der Waals surface area contributed by atoms with Gasteiger partial charge in [0.1, 0.15) is 0 Å². The molecule has 1 aliphatic rings. The minimum atomic E-state index is -4.39. The average Bonchev–Trinajstić information content (AvgIpc) is 2.68. The number of nitrogens with zero attached hydrogens (tertiary/aromatic N) is 4. The first-order valence-electron chi connectivity index (χ1n) is 8.59. The summed E-state index contributed by atoms with van der Waals surface area (Å²) in [5, 5.41) is 2.67. The van der Waals surface area contributed by atoms with Crippen LogP contribution in [-0.4, -0.2) is 53.0 Å². The van der Waals surface area contributed by atoms with Crippen LogP contribution in [0.25, 0.3) is 0 Å². The van der Waals surface area contributed by atoms with E-state index in [9.17, 15) is 18.0 Å². The predicted octanol–water partition coefficient (Wildman–Crippen LogP) is 2.64. The first-order valence-corrected chi connectivity index (χ1v) is 8.59. The molecule has 2 heterocycles. The molecular weight excluding hydrogens is 359 g/mol. The SMILES string of the molecule is C[C@H](C(=O)Nc1ccc(C(F)(F)F)cc1)N1CCN(c2ncccn2)CC1. The molecule has 2 aromatic rings. The van der Waals surface area contributed by atoms with Gasteiger partial charge in [-0.05, 0) is 37.3 Å². The Bertz CT molecular complexity index is 759. The zero-order chi connectivity index (χ0) is 19.4. The Kier molecular flexibility index (Phi) is 5.59. The number of aromatic nitrogens is 2. The number of carbonyl (C=O) groups is 1. The molecule has 1 aromatic carbocycles. The molecule has 144 valence electrons. The fourth-order valence-electron chi connectivity index (χ4n) is 2.92. The summed E-state index contributed by atoms with van der Waals surface area (Å²) in [7, 11) is 0. The van der Waals surface area contributed by atoms with E-state index in [0.717, 1.165) is 12.1 Å². The summed E-state index contributed by atoms with van der Waals surface area (Å²) in [6.45, 7) is 4.51. The van der Waals surface area contributed by atoms with Crippen LogP contribution in [0.5, 0.6) is 0 Å². The third-order valence-electron chi connectivity index (χ3n) is 4.56. The lowest BCUT2D eigenvalue weighted by Gasteiger charge is -2.37. The minimum absolute atomic E-state index is 0.251. The van der Waals surface area contributed by atoms with Crippen molar-refractivity contribution in [2.75, 3.05) is 36.4 Å². The highest BCUT2D eigenvalue weighted by molar-refractivity contribution is 5.94. The van der Waals surface area contributed by atoms with Gasteiger partial charge in [0.15, 0.2) is 0 Å². The fraction of sp³-hybridized carbons (Fsp3) is 0.389. The highest BCUT2D eigenvalue weighted by Gasteiger charge is 2.30. The van der Waals surface area contributed by atoms with E-state index in [1.54, 1.807) is 25.4 Å². The van der Waals surface area contributed by atoms with Crippen molar-refractivity contribution in [3.63, 3.8) is 0 Å². The summed E-state index contributed by atoms with van der Waals surface area (Å²) in [4.78, 5) is 25.0. The number of hydrogen-bond donors (Lipinski definition) is 1.